The van der Waals surface area contributed by atoms with Gasteiger partial charge < -0.3 is 4.74 Å². The van der Waals surface area contributed by atoms with Crippen LogP contribution in [-0.2, 0) is 14.8 Å². The van der Waals surface area contributed by atoms with Crippen molar-refractivity contribution in [1.29, 1.82) is 0 Å². The quantitative estimate of drug-likeness (QED) is 0.759. The number of ether oxygens (including phenoxy) is 1. The van der Waals surface area contributed by atoms with Crippen molar-refractivity contribution >= 4 is 32.6 Å². The number of rotatable bonds is 6. The third kappa shape index (κ3) is 3.58. The molecule has 0 bridgehead atoms. The van der Waals surface area contributed by atoms with Gasteiger partial charge in [0, 0.05) is 0 Å². The zero-order chi connectivity index (χ0) is 16.2. The average Bonchev–Trinajstić information content (AvgIpc) is 2.53. The topological polar surface area (TPSA) is 63.7 Å². The smallest absolute Gasteiger partial charge is 0.264 e. The standard InChI is InChI=1S/C15H14ClNO4S/c1-21-13-9-7-12(8-10-13)17(11-15(16)18)22(19,20)14-5-3-2-4-6-14/h2-10H,11H2,1H3. The number of nitrogens with zero attached hydrogens (tertiary/aromatic N) is 1. The van der Waals surface area contributed by atoms with Gasteiger partial charge in [0.2, 0.25) is 5.24 Å². The number of hydrogen-bond acceptors (Lipinski definition) is 4. The molecule has 0 saturated heterocycles. The molecule has 0 aliphatic carbocycles. The first-order valence-corrected chi connectivity index (χ1v) is 8.17. The number of anilines is 1. The Kier molecular flexibility index (Phi) is 5.05. The number of methoxy groups -OCH3 is 1. The van der Waals surface area contributed by atoms with E-state index in [0.29, 0.717) is 11.4 Å². The molecule has 0 heterocycles. The highest BCUT2D eigenvalue weighted by Gasteiger charge is 2.26. The fourth-order valence-electron chi connectivity index (χ4n) is 1.90. The molecule has 0 aliphatic heterocycles. The van der Waals surface area contributed by atoms with Gasteiger partial charge in [0.25, 0.3) is 10.0 Å². The normalized spacial score (nSPS) is 11.0. The van der Waals surface area contributed by atoms with Gasteiger partial charge in [-0.25, -0.2) is 8.42 Å². The van der Waals surface area contributed by atoms with Gasteiger partial charge >= 0.3 is 0 Å². The molecule has 0 amide bonds. The molecule has 5 nitrogen and oxygen atoms in total. The third-order valence-corrected chi connectivity index (χ3v) is 4.87. The molecule has 22 heavy (non-hydrogen) atoms. The van der Waals surface area contributed by atoms with Crippen molar-refractivity contribution in [2.24, 2.45) is 0 Å². The summed E-state index contributed by atoms with van der Waals surface area (Å²) < 4.78 is 31.4. The number of carbonyl (C=O) groups is 1. The summed E-state index contributed by atoms with van der Waals surface area (Å²) in [4.78, 5) is 11.4. The van der Waals surface area contributed by atoms with Crippen LogP contribution in [0.5, 0.6) is 5.75 Å². The Hall–Kier alpha value is -2.05. The van der Waals surface area contributed by atoms with Crippen molar-refractivity contribution in [3.8, 4) is 5.75 Å². The maximum atomic E-state index is 12.7. The molecule has 2 aromatic rings. The molecule has 0 fully saturated rings. The monoisotopic (exact) mass is 339 g/mol. The second-order valence-corrected chi connectivity index (χ2v) is 6.66. The van der Waals surface area contributed by atoms with Crippen LogP contribution in [0.4, 0.5) is 5.69 Å². The molecule has 0 aliphatic rings. The molecule has 2 rings (SSSR count). The Morgan fingerprint density at radius 3 is 2.18 bits per heavy atom. The van der Waals surface area contributed by atoms with Crippen LogP contribution in [0.15, 0.2) is 59.5 Å². The lowest BCUT2D eigenvalue weighted by Crippen LogP contribution is -2.34. The highest BCUT2D eigenvalue weighted by molar-refractivity contribution is 7.92. The van der Waals surface area contributed by atoms with E-state index in [0.717, 1.165) is 4.31 Å². The van der Waals surface area contributed by atoms with Crippen molar-refractivity contribution in [2.75, 3.05) is 18.0 Å². The van der Waals surface area contributed by atoms with Crippen LogP contribution in [0.3, 0.4) is 0 Å². The molecule has 2 aromatic carbocycles. The van der Waals surface area contributed by atoms with Gasteiger partial charge in [0.1, 0.15) is 12.3 Å². The Balaban J connectivity index is 2.47. The summed E-state index contributed by atoms with van der Waals surface area (Å²) in [6, 6.07) is 14.2. The predicted molar refractivity (Wildman–Crippen MR) is 84.8 cm³/mol. The molecule has 0 radical (unpaired) electrons. The van der Waals surface area contributed by atoms with Crippen LogP contribution < -0.4 is 9.04 Å². The molecule has 0 aromatic heterocycles. The molecule has 0 atom stereocenters. The lowest BCUT2D eigenvalue weighted by molar-refractivity contribution is -0.110. The maximum absolute atomic E-state index is 12.7. The Labute approximate surface area is 134 Å². The Morgan fingerprint density at radius 2 is 1.68 bits per heavy atom. The molecule has 116 valence electrons. The lowest BCUT2D eigenvalue weighted by Gasteiger charge is -2.23. The van der Waals surface area contributed by atoms with Crippen molar-refractivity contribution in [1.82, 2.24) is 0 Å². The molecule has 0 saturated carbocycles. The minimum Gasteiger partial charge on any atom is -0.497 e. The van der Waals surface area contributed by atoms with Gasteiger partial charge in [0.05, 0.1) is 17.7 Å². The zero-order valence-electron chi connectivity index (χ0n) is 11.8. The summed E-state index contributed by atoms with van der Waals surface area (Å²) >= 11 is 5.40. The first kappa shape index (κ1) is 16.3. The fourth-order valence-corrected chi connectivity index (χ4v) is 3.53. The van der Waals surface area contributed by atoms with Crippen LogP contribution in [0, 0.1) is 0 Å². The van der Waals surface area contributed by atoms with Crippen molar-refractivity contribution in [3.05, 3.63) is 54.6 Å². The van der Waals surface area contributed by atoms with Crippen LogP contribution in [-0.4, -0.2) is 27.3 Å². The first-order chi connectivity index (χ1) is 10.4. The van der Waals surface area contributed by atoms with E-state index in [-0.39, 0.29) is 4.90 Å². The van der Waals surface area contributed by atoms with Gasteiger partial charge in [-0.05, 0) is 48.0 Å². The van der Waals surface area contributed by atoms with E-state index >= 15 is 0 Å². The van der Waals surface area contributed by atoms with Gasteiger partial charge in [-0.1, -0.05) is 18.2 Å². The Morgan fingerprint density at radius 1 is 1.09 bits per heavy atom. The molecule has 7 heteroatoms. The maximum Gasteiger partial charge on any atom is 0.264 e. The SMILES string of the molecule is COc1ccc(N(CC(=O)Cl)S(=O)(=O)c2ccccc2)cc1. The highest BCUT2D eigenvalue weighted by Crippen LogP contribution is 2.25. The molecule has 0 N–H and O–H groups in total. The average molecular weight is 340 g/mol. The first-order valence-electron chi connectivity index (χ1n) is 6.35. The predicted octanol–water partition coefficient (Wildman–Crippen LogP) is 2.66. The van der Waals surface area contributed by atoms with Gasteiger partial charge in [0.15, 0.2) is 0 Å². The summed E-state index contributed by atoms with van der Waals surface area (Å²) in [5.41, 5.74) is 0.332. The van der Waals surface area contributed by atoms with Gasteiger partial charge in [-0.3, -0.25) is 9.10 Å². The van der Waals surface area contributed by atoms with E-state index in [1.165, 1.54) is 19.2 Å². The van der Waals surface area contributed by atoms with Crippen LogP contribution in [0.2, 0.25) is 0 Å². The summed E-state index contributed by atoms with van der Waals surface area (Å²) in [5, 5.41) is -0.768. The summed E-state index contributed by atoms with van der Waals surface area (Å²) in [5.74, 6) is 0.581. The minimum atomic E-state index is -3.88. The largest absolute Gasteiger partial charge is 0.497 e. The molecule has 0 unspecified atom stereocenters. The molecular formula is C15H14ClNO4S. The van der Waals surface area contributed by atoms with E-state index in [1.807, 2.05) is 0 Å². The van der Waals surface area contributed by atoms with Crippen LogP contribution in [0.25, 0.3) is 0 Å². The lowest BCUT2D eigenvalue weighted by atomic mass is 10.3. The second-order valence-electron chi connectivity index (χ2n) is 4.38. The van der Waals surface area contributed by atoms with Crippen molar-refractivity contribution in [2.45, 2.75) is 4.90 Å². The second kappa shape index (κ2) is 6.81. The Bertz CT molecular complexity index is 745. The van der Waals surface area contributed by atoms with Crippen molar-refractivity contribution in [3.63, 3.8) is 0 Å². The number of halogens is 1. The van der Waals surface area contributed by atoms with Gasteiger partial charge in [-0.2, -0.15) is 0 Å². The number of sulfonamides is 1. The summed E-state index contributed by atoms with van der Waals surface area (Å²) in [7, 11) is -2.37. The fraction of sp³-hybridized carbons (Fsp3) is 0.133. The van der Waals surface area contributed by atoms with Gasteiger partial charge in [-0.15, -0.1) is 0 Å². The van der Waals surface area contributed by atoms with E-state index in [1.54, 1.807) is 42.5 Å². The zero-order valence-corrected chi connectivity index (χ0v) is 13.3. The van der Waals surface area contributed by atoms with E-state index < -0.39 is 21.8 Å². The van der Waals surface area contributed by atoms with Crippen molar-refractivity contribution < 1.29 is 17.9 Å². The highest BCUT2D eigenvalue weighted by atomic mass is 35.5. The van der Waals surface area contributed by atoms with E-state index in [9.17, 15) is 13.2 Å². The van der Waals surface area contributed by atoms with Crippen LogP contribution >= 0.6 is 11.6 Å². The summed E-state index contributed by atoms with van der Waals surface area (Å²) in [6.07, 6.45) is 0. The van der Waals surface area contributed by atoms with E-state index in [4.69, 9.17) is 16.3 Å². The minimum absolute atomic E-state index is 0.0868. The molecular weight excluding hydrogens is 326 g/mol. The van der Waals surface area contributed by atoms with E-state index in [2.05, 4.69) is 0 Å². The van der Waals surface area contributed by atoms with Crippen LogP contribution in [0.1, 0.15) is 0 Å². The number of benzene rings is 2. The summed E-state index contributed by atoms with van der Waals surface area (Å²) in [6.45, 7) is -0.453. The number of carbonyl (C=O) groups excluding carboxylic acids is 1. The molecule has 0 spiro atoms. The third-order valence-electron chi connectivity index (χ3n) is 2.96. The number of hydrogen-bond donors (Lipinski definition) is 0.